The molecule has 0 saturated carbocycles. The minimum absolute atomic E-state index is 0.100. The Labute approximate surface area is 353 Å². The van der Waals surface area contributed by atoms with Crippen LogP contribution in [0.4, 0.5) is 0 Å². The minimum Gasteiger partial charge on any atom is -0.462 e. The first-order chi connectivity index (χ1) is 28.0. The predicted molar refractivity (Wildman–Crippen MR) is 242 cm³/mol. The highest BCUT2D eigenvalue weighted by Gasteiger charge is 2.19. The van der Waals surface area contributed by atoms with Crippen molar-refractivity contribution in [3.63, 3.8) is 0 Å². The van der Waals surface area contributed by atoms with Crippen molar-refractivity contribution in [2.75, 3.05) is 13.2 Å². The van der Waals surface area contributed by atoms with Crippen molar-refractivity contribution in [3.8, 4) is 0 Å². The van der Waals surface area contributed by atoms with E-state index in [9.17, 15) is 14.4 Å². The molecule has 0 aromatic rings. The van der Waals surface area contributed by atoms with Crippen LogP contribution in [-0.2, 0) is 28.6 Å². The van der Waals surface area contributed by atoms with Crippen molar-refractivity contribution in [1.29, 1.82) is 0 Å². The van der Waals surface area contributed by atoms with E-state index < -0.39 is 6.10 Å². The predicted octanol–water partition coefficient (Wildman–Crippen LogP) is 15.8. The van der Waals surface area contributed by atoms with E-state index in [-0.39, 0.29) is 37.5 Å². The molecular weight excluding hydrogens is 709 g/mol. The summed E-state index contributed by atoms with van der Waals surface area (Å²) in [5.74, 6) is -1.00. The van der Waals surface area contributed by atoms with Crippen molar-refractivity contribution < 1.29 is 28.6 Å². The summed E-state index contributed by atoms with van der Waals surface area (Å²) in [6.45, 7) is 6.53. The van der Waals surface area contributed by atoms with Gasteiger partial charge in [-0.1, -0.05) is 211 Å². The van der Waals surface area contributed by atoms with Crippen LogP contribution in [0, 0.1) is 0 Å². The number of carbonyl (C=O) groups excluding carboxylic acids is 3. The van der Waals surface area contributed by atoms with Crippen molar-refractivity contribution in [2.45, 2.75) is 258 Å². The van der Waals surface area contributed by atoms with Crippen molar-refractivity contribution in [3.05, 3.63) is 36.5 Å². The van der Waals surface area contributed by atoms with Crippen LogP contribution < -0.4 is 0 Å². The van der Waals surface area contributed by atoms with Crippen LogP contribution in [-0.4, -0.2) is 37.2 Å². The third-order valence-corrected chi connectivity index (χ3v) is 10.6. The maximum atomic E-state index is 12.7. The molecule has 0 aromatic carbocycles. The summed E-state index contributed by atoms with van der Waals surface area (Å²) in [6.07, 6.45) is 53.0. The van der Waals surface area contributed by atoms with Crippen LogP contribution in [0.1, 0.15) is 252 Å². The maximum Gasteiger partial charge on any atom is 0.306 e. The molecule has 0 aliphatic rings. The lowest BCUT2D eigenvalue weighted by Gasteiger charge is -2.18. The van der Waals surface area contributed by atoms with Gasteiger partial charge in [0.15, 0.2) is 6.10 Å². The average molecular weight is 801 g/mol. The Balaban J connectivity index is 4.36. The second kappa shape index (κ2) is 46.3. The van der Waals surface area contributed by atoms with Gasteiger partial charge in [0.05, 0.1) is 0 Å². The summed E-state index contributed by atoms with van der Waals surface area (Å²) in [4.78, 5) is 37.7. The smallest absolute Gasteiger partial charge is 0.306 e. The number of unbranched alkanes of at least 4 members (excludes halogenated alkanes) is 27. The molecule has 0 bridgehead atoms. The number of esters is 3. The van der Waals surface area contributed by atoms with Crippen LogP contribution in [0.2, 0.25) is 0 Å². The van der Waals surface area contributed by atoms with Crippen LogP contribution in [0.25, 0.3) is 0 Å². The van der Waals surface area contributed by atoms with Gasteiger partial charge >= 0.3 is 17.9 Å². The zero-order chi connectivity index (χ0) is 41.5. The van der Waals surface area contributed by atoms with E-state index in [4.69, 9.17) is 14.2 Å². The van der Waals surface area contributed by atoms with Gasteiger partial charge in [0, 0.05) is 19.3 Å². The molecule has 0 radical (unpaired) electrons. The first kappa shape index (κ1) is 54.6. The Morgan fingerprint density at radius 1 is 0.351 bits per heavy atom. The van der Waals surface area contributed by atoms with Gasteiger partial charge in [0.25, 0.3) is 0 Å². The van der Waals surface area contributed by atoms with E-state index in [2.05, 4.69) is 51.2 Å². The molecule has 0 aliphatic carbocycles. The molecular formula is C51H92O6. The fourth-order valence-electron chi connectivity index (χ4n) is 6.91. The van der Waals surface area contributed by atoms with Gasteiger partial charge in [-0.05, 0) is 57.8 Å². The highest BCUT2D eigenvalue weighted by Crippen LogP contribution is 2.15. The van der Waals surface area contributed by atoms with E-state index in [0.717, 1.165) is 44.9 Å². The number of ether oxygens (including phenoxy) is 3. The molecule has 0 spiro atoms. The SMILES string of the molecule is CCCCCC/C=C\CCCC(=O)OCC(COC(=O)CCCCCCCCCCCCCCCCCCC)OC(=O)CC/C=C\C/C=C\CCCCCCCC. The first-order valence-electron chi connectivity index (χ1n) is 24.5. The zero-order valence-corrected chi connectivity index (χ0v) is 37.9. The Bertz CT molecular complexity index is 969. The van der Waals surface area contributed by atoms with E-state index >= 15 is 0 Å². The molecule has 6 nitrogen and oxygen atoms in total. The van der Waals surface area contributed by atoms with E-state index in [1.165, 1.54) is 154 Å². The van der Waals surface area contributed by atoms with Gasteiger partial charge in [0.1, 0.15) is 13.2 Å². The number of hydrogen-bond donors (Lipinski definition) is 0. The molecule has 1 unspecified atom stereocenters. The molecule has 0 heterocycles. The number of carbonyl (C=O) groups is 3. The normalized spacial score (nSPS) is 12.3. The number of hydrogen-bond acceptors (Lipinski definition) is 6. The van der Waals surface area contributed by atoms with Crippen LogP contribution in [0.5, 0.6) is 0 Å². The quantitative estimate of drug-likeness (QED) is 0.0264. The molecule has 0 fully saturated rings. The van der Waals surface area contributed by atoms with Crippen LogP contribution >= 0.6 is 0 Å². The fourth-order valence-corrected chi connectivity index (χ4v) is 6.91. The van der Waals surface area contributed by atoms with Crippen molar-refractivity contribution in [1.82, 2.24) is 0 Å². The highest BCUT2D eigenvalue weighted by atomic mass is 16.6. The van der Waals surface area contributed by atoms with Gasteiger partial charge < -0.3 is 14.2 Å². The lowest BCUT2D eigenvalue weighted by molar-refractivity contribution is -0.166. The molecule has 6 heteroatoms. The van der Waals surface area contributed by atoms with Crippen LogP contribution in [0.3, 0.4) is 0 Å². The largest absolute Gasteiger partial charge is 0.462 e. The van der Waals surface area contributed by atoms with Gasteiger partial charge in [0.2, 0.25) is 0 Å². The lowest BCUT2D eigenvalue weighted by atomic mass is 10.0. The van der Waals surface area contributed by atoms with Crippen LogP contribution in [0.15, 0.2) is 36.5 Å². The summed E-state index contributed by atoms with van der Waals surface area (Å²) in [5, 5.41) is 0. The van der Waals surface area contributed by atoms with E-state index in [1.807, 2.05) is 6.08 Å². The Morgan fingerprint density at radius 3 is 1.14 bits per heavy atom. The maximum absolute atomic E-state index is 12.7. The zero-order valence-electron chi connectivity index (χ0n) is 37.9. The first-order valence-corrected chi connectivity index (χ1v) is 24.5. The summed E-state index contributed by atoms with van der Waals surface area (Å²) < 4.78 is 16.6. The Morgan fingerprint density at radius 2 is 0.684 bits per heavy atom. The van der Waals surface area contributed by atoms with Gasteiger partial charge in [-0.25, -0.2) is 0 Å². The second-order valence-corrected chi connectivity index (χ2v) is 16.4. The molecule has 0 aliphatic heterocycles. The van der Waals surface area contributed by atoms with E-state index in [0.29, 0.717) is 25.7 Å². The summed E-state index contributed by atoms with van der Waals surface area (Å²) >= 11 is 0. The van der Waals surface area contributed by atoms with Crippen molar-refractivity contribution >= 4 is 17.9 Å². The molecule has 0 rings (SSSR count). The summed E-state index contributed by atoms with van der Waals surface area (Å²) in [6, 6.07) is 0. The molecule has 0 saturated heterocycles. The molecule has 57 heavy (non-hydrogen) atoms. The number of allylic oxidation sites excluding steroid dienone is 6. The fraction of sp³-hybridized carbons (Fsp3) is 0.824. The van der Waals surface area contributed by atoms with Gasteiger partial charge in [-0.3, -0.25) is 14.4 Å². The summed E-state index contributed by atoms with van der Waals surface area (Å²) in [7, 11) is 0. The third-order valence-electron chi connectivity index (χ3n) is 10.6. The van der Waals surface area contributed by atoms with Gasteiger partial charge in [-0.2, -0.15) is 0 Å². The van der Waals surface area contributed by atoms with Crippen molar-refractivity contribution in [2.24, 2.45) is 0 Å². The molecule has 1 atom stereocenters. The van der Waals surface area contributed by atoms with E-state index in [1.54, 1.807) is 0 Å². The highest BCUT2D eigenvalue weighted by molar-refractivity contribution is 5.71. The van der Waals surface area contributed by atoms with Gasteiger partial charge in [-0.15, -0.1) is 0 Å². The molecule has 0 amide bonds. The molecule has 0 N–H and O–H groups in total. The lowest BCUT2D eigenvalue weighted by Crippen LogP contribution is -2.30. The Kier molecular flexibility index (Phi) is 44.4. The third kappa shape index (κ3) is 44.6. The summed E-state index contributed by atoms with van der Waals surface area (Å²) in [5.41, 5.74) is 0. The topological polar surface area (TPSA) is 78.9 Å². The molecule has 332 valence electrons. The molecule has 0 aromatic heterocycles. The number of rotatable bonds is 44. The monoisotopic (exact) mass is 801 g/mol. The Hall–Kier alpha value is -2.37. The average Bonchev–Trinajstić information content (AvgIpc) is 3.21. The standard InChI is InChI=1S/C51H92O6/c1-4-7-10-13-16-19-21-23-24-25-26-28-29-32-35-38-41-44-50(53)56-47-48(46-55-49(52)43-40-37-34-31-18-15-12-9-6-3)57-51(54)45-42-39-36-33-30-27-22-20-17-14-11-8-5-2/h27,30-31,34,36,39,48H,4-26,28-29,32-33,35,37-38,40-47H2,1-3H3/b30-27-,34-31-,39-36-. The minimum atomic E-state index is -0.808. The second-order valence-electron chi connectivity index (χ2n) is 16.4.